The van der Waals surface area contributed by atoms with Crippen LogP contribution < -0.4 is 9.46 Å². The lowest BCUT2D eigenvalue weighted by Crippen LogP contribution is -2.39. The largest absolute Gasteiger partial charge is 0.497 e. The van der Waals surface area contributed by atoms with Crippen molar-refractivity contribution in [2.24, 2.45) is 0 Å². The van der Waals surface area contributed by atoms with Crippen LogP contribution in [0.5, 0.6) is 5.75 Å². The number of benzene rings is 2. The van der Waals surface area contributed by atoms with Crippen LogP contribution in [0.2, 0.25) is 0 Å². The molecule has 0 saturated carbocycles. The summed E-state index contributed by atoms with van der Waals surface area (Å²) in [6.07, 6.45) is 0. The first-order valence-corrected chi connectivity index (χ1v) is 12.7. The highest BCUT2D eigenvalue weighted by atomic mass is 79.9. The highest BCUT2D eigenvalue weighted by Gasteiger charge is 2.17. The van der Waals surface area contributed by atoms with E-state index in [1.807, 2.05) is 42.5 Å². The molecule has 0 aliphatic heterocycles. The van der Waals surface area contributed by atoms with Gasteiger partial charge in [0.2, 0.25) is 0 Å². The number of halogens is 1. The second-order valence-corrected chi connectivity index (χ2v) is 10.9. The minimum Gasteiger partial charge on any atom is -0.497 e. The van der Waals surface area contributed by atoms with Gasteiger partial charge in [-0.2, -0.15) is 32.4 Å². The summed E-state index contributed by atoms with van der Waals surface area (Å²) in [5, 5.41) is 9.38. The molecule has 0 bridgehead atoms. The molecule has 3 aromatic rings. The molecule has 0 radical (unpaired) electrons. The number of ether oxygens (including phenoxy) is 1. The quantitative estimate of drug-likeness (QED) is 0.469. The van der Waals surface area contributed by atoms with E-state index in [0.717, 1.165) is 37.0 Å². The normalized spacial score (nSPS) is 11.6. The third-order valence-corrected chi connectivity index (χ3v) is 6.64. The monoisotopic (exact) mass is 537 g/mol. The summed E-state index contributed by atoms with van der Waals surface area (Å²) in [5.74, 6) is 0.828. The van der Waals surface area contributed by atoms with Crippen LogP contribution in [0.25, 0.3) is 22.5 Å². The summed E-state index contributed by atoms with van der Waals surface area (Å²) in [4.78, 5) is 1.76. The number of hydrogen-bond acceptors (Lipinski definition) is 5. The number of hydrogen-bond donors (Lipinski definition) is 1. The van der Waals surface area contributed by atoms with Crippen LogP contribution in [0.15, 0.2) is 53.0 Å². The molecule has 1 heterocycles. The Kier molecular flexibility index (Phi) is 9.59. The van der Waals surface area contributed by atoms with E-state index in [2.05, 4.69) is 40.6 Å². The zero-order valence-corrected chi connectivity index (χ0v) is 22.5. The number of nitrogens with one attached hydrogen (secondary N) is 1. The maximum Gasteiger partial charge on any atom is 0.279 e. The molecule has 0 unspecified atom stereocenters. The molecule has 10 heteroatoms. The van der Waals surface area contributed by atoms with Gasteiger partial charge in [-0.15, -0.1) is 0 Å². The maximum absolute atomic E-state index is 11.0. The minimum atomic E-state index is -3.21. The van der Waals surface area contributed by atoms with Gasteiger partial charge in [0.05, 0.1) is 13.2 Å². The third kappa shape index (κ3) is 7.63. The summed E-state index contributed by atoms with van der Waals surface area (Å²) >= 11 is 3.52. The summed E-state index contributed by atoms with van der Waals surface area (Å²) in [6.45, 7) is 7.70. The van der Waals surface area contributed by atoms with Crippen molar-refractivity contribution < 1.29 is 13.2 Å². The van der Waals surface area contributed by atoms with Crippen molar-refractivity contribution in [2.45, 2.75) is 39.8 Å². The second kappa shape index (κ2) is 11.7. The van der Waals surface area contributed by atoms with Crippen molar-refractivity contribution in [2.75, 3.05) is 21.2 Å². The Morgan fingerprint density at radius 1 is 0.970 bits per heavy atom. The molecular formula is C23H32BrN5O3S. The number of aromatic nitrogens is 3. The van der Waals surface area contributed by atoms with Crippen molar-refractivity contribution in [1.82, 2.24) is 24.0 Å². The fourth-order valence-corrected chi connectivity index (χ4v) is 3.94. The molecule has 180 valence electrons. The summed E-state index contributed by atoms with van der Waals surface area (Å²) < 4.78 is 31.7. The molecular weight excluding hydrogens is 506 g/mol. The molecule has 33 heavy (non-hydrogen) atoms. The molecule has 8 nitrogen and oxygen atoms in total. The lowest BCUT2D eigenvalue weighted by molar-refractivity contribution is 0.415. The van der Waals surface area contributed by atoms with Gasteiger partial charge in [-0.1, -0.05) is 28.1 Å². The summed E-state index contributed by atoms with van der Waals surface area (Å²) in [7, 11) is 1.43. The molecule has 0 fully saturated rings. The van der Waals surface area contributed by atoms with Gasteiger partial charge in [0.15, 0.2) is 0 Å². The van der Waals surface area contributed by atoms with Crippen LogP contribution in [0.1, 0.15) is 33.7 Å². The maximum atomic E-state index is 11.0. The highest BCUT2D eigenvalue weighted by molar-refractivity contribution is 9.10. The molecule has 0 spiro atoms. The lowest BCUT2D eigenvalue weighted by Gasteiger charge is -2.14. The van der Waals surface area contributed by atoms with Crippen molar-refractivity contribution in [3.8, 4) is 28.3 Å². The Morgan fingerprint density at radius 2 is 1.55 bits per heavy atom. The van der Waals surface area contributed by atoms with E-state index in [0.29, 0.717) is 0 Å². The first-order chi connectivity index (χ1) is 15.4. The van der Waals surface area contributed by atoms with Crippen molar-refractivity contribution in [3.05, 3.63) is 53.0 Å². The number of nitrogens with zero attached hydrogens (tertiary/aromatic N) is 4. The third-order valence-electron chi connectivity index (χ3n) is 4.42. The first kappa shape index (κ1) is 27.0. The van der Waals surface area contributed by atoms with Crippen LogP contribution >= 0.6 is 15.9 Å². The first-order valence-electron chi connectivity index (χ1n) is 10.5. The molecule has 2 aromatic carbocycles. The zero-order valence-electron chi connectivity index (χ0n) is 20.1. The fraction of sp³-hybridized carbons (Fsp3) is 0.391. The molecule has 1 aromatic heterocycles. The average Bonchev–Trinajstić information content (AvgIpc) is 3.19. The van der Waals surface area contributed by atoms with Gasteiger partial charge in [-0.05, 0) is 64.1 Å². The van der Waals surface area contributed by atoms with Crippen LogP contribution in [-0.2, 0) is 10.2 Å². The topological polar surface area (TPSA) is 89.4 Å². The number of rotatable bonds is 7. The molecule has 1 N–H and O–H groups in total. The highest BCUT2D eigenvalue weighted by Crippen LogP contribution is 2.31. The Hall–Kier alpha value is -2.27. The zero-order chi connectivity index (χ0) is 24.8. The van der Waals surface area contributed by atoms with E-state index < -0.39 is 10.2 Å². The van der Waals surface area contributed by atoms with Gasteiger partial charge < -0.3 is 4.74 Å². The van der Waals surface area contributed by atoms with Gasteiger partial charge in [-0.25, -0.2) is 0 Å². The predicted molar refractivity (Wildman–Crippen MR) is 136 cm³/mol. The van der Waals surface area contributed by atoms with Crippen LogP contribution in [-0.4, -0.2) is 55.0 Å². The van der Waals surface area contributed by atoms with E-state index in [1.54, 1.807) is 25.8 Å². The molecule has 0 amide bonds. The number of methoxy groups -OCH3 is 1. The molecule has 0 saturated heterocycles. The predicted octanol–water partition coefficient (Wildman–Crippen LogP) is 4.75. The smallest absolute Gasteiger partial charge is 0.279 e. The van der Waals surface area contributed by atoms with Crippen LogP contribution in [0.4, 0.5) is 0 Å². The Labute approximate surface area is 205 Å². The van der Waals surface area contributed by atoms with Gasteiger partial charge in [-0.3, -0.25) is 0 Å². The van der Waals surface area contributed by atoms with Crippen molar-refractivity contribution in [3.63, 3.8) is 0 Å². The molecule has 3 rings (SSSR count). The Bertz CT molecular complexity index is 1140. The molecule has 0 aliphatic rings. The van der Waals surface area contributed by atoms with Gasteiger partial charge >= 0.3 is 0 Å². The van der Waals surface area contributed by atoms with E-state index in [9.17, 15) is 8.42 Å². The SMILES string of the molecule is CC(C)NS(=O)(=O)N(C)C.COc1ccc(-c2nn(C(C)C)nc2-c2cccc(Br)c2)cc1. The van der Waals surface area contributed by atoms with Gasteiger partial charge in [0, 0.05) is 35.7 Å². The van der Waals surface area contributed by atoms with Crippen molar-refractivity contribution in [1.29, 1.82) is 0 Å². The van der Waals surface area contributed by atoms with Crippen LogP contribution in [0.3, 0.4) is 0 Å². The summed E-state index contributed by atoms with van der Waals surface area (Å²) in [5.41, 5.74) is 3.81. The fourth-order valence-electron chi connectivity index (χ4n) is 2.73. The standard InChI is InChI=1S/C18H18BrN3O.C5H14N2O2S/c1-12(2)22-20-17(13-7-9-16(23-3)10-8-13)18(21-22)14-5-4-6-15(19)11-14;1-5(2)6-10(8,9)7(3)4/h4-12H,1-3H3;5-6H,1-4H3. The molecule has 0 aliphatic carbocycles. The van der Waals surface area contributed by atoms with Crippen LogP contribution in [0, 0.1) is 0 Å². The van der Waals surface area contributed by atoms with E-state index in [1.165, 1.54) is 14.1 Å². The lowest BCUT2D eigenvalue weighted by atomic mass is 10.1. The average molecular weight is 539 g/mol. The van der Waals surface area contributed by atoms with Gasteiger partial charge in [0.1, 0.15) is 17.1 Å². The summed E-state index contributed by atoms with van der Waals surface area (Å²) in [6, 6.07) is 16.2. The Balaban J connectivity index is 0.000000328. The van der Waals surface area contributed by atoms with E-state index in [-0.39, 0.29) is 12.1 Å². The minimum absolute atomic E-state index is 0.0487. The van der Waals surface area contributed by atoms with Gasteiger partial charge in [0.25, 0.3) is 10.2 Å². The van der Waals surface area contributed by atoms with E-state index >= 15 is 0 Å². The van der Waals surface area contributed by atoms with E-state index in [4.69, 9.17) is 14.9 Å². The second-order valence-electron chi connectivity index (χ2n) is 8.11. The Morgan fingerprint density at radius 3 is 1.97 bits per heavy atom. The molecule has 0 atom stereocenters. The van der Waals surface area contributed by atoms with Crippen molar-refractivity contribution >= 4 is 26.1 Å².